The third kappa shape index (κ3) is 6.63. The third-order valence-corrected chi connectivity index (χ3v) is 5.96. The Bertz CT molecular complexity index is 1480. The molecule has 0 atom stereocenters. The van der Waals surface area contributed by atoms with Gasteiger partial charge in [-0.1, -0.05) is 92.6 Å². The van der Waals surface area contributed by atoms with Gasteiger partial charge in [-0.3, -0.25) is 0 Å². The van der Waals surface area contributed by atoms with Gasteiger partial charge in [0.25, 0.3) is 0 Å². The van der Waals surface area contributed by atoms with Crippen LogP contribution in [0.2, 0.25) is 0 Å². The Morgan fingerprint density at radius 2 is 1.34 bits per heavy atom. The highest BCUT2D eigenvalue weighted by Crippen LogP contribution is 2.38. The van der Waals surface area contributed by atoms with Gasteiger partial charge in [0.2, 0.25) is 5.69 Å². The Hall–Kier alpha value is -2.41. The van der Waals surface area contributed by atoms with Gasteiger partial charge in [-0.2, -0.15) is 0 Å². The molecular formula is C34H48N+. The number of nitrogens with zero attached hydrogens (tertiary/aromatic N) is 1. The number of aromatic nitrogens is 1. The SMILES string of the molecule is [2H]C([2H])([2H])c1cc(C)c(-c2cc(C([2H])([2H])C(C)(C)C)c(C([2H])([2H])C(C)(C)C)c[n+]2C)cc1-c1ccccc1C(C)(C)C. The van der Waals surface area contributed by atoms with E-state index in [-0.39, 0.29) is 11.0 Å². The normalized spacial score (nSPS) is 16.9. The van der Waals surface area contributed by atoms with E-state index >= 15 is 0 Å². The lowest BCUT2D eigenvalue weighted by Gasteiger charge is -2.25. The smallest absolute Gasteiger partial charge is 0.201 e. The van der Waals surface area contributed by atoms with Crippen LogP contribution in [0.4, 0.5) is 0 Å². The van der Waals surface area contributed by atoms with Crippen molar-refractivity contribution in [3.05, 3.63) is 76.5 Å². The third-order valence-electron chi connectivity index (χ3n) is 5.96. The number of hydrogen-bond acceptors (Lipinski definition) is 0. The van der Waals surface area contributed by atoms with E-state index in [0.29, 0.717) is 22.4 Å². The highest BCUT2D eigenvalue weighted by Gasteiger charge is 2.25. The van der Waals surface area contributed by atoms with Gasteiger partial charge in [0.15, 0.2) is 6.20 Å². The molecule has 35 heavy (non-hydrogen) atoms. The van der Waals surface area contributed by atoms with E-state index in [2.05, 4.69) is 20.8 Å². The summed E-state index contributed by atoms with van der Waals surface area (Å²) in [6.45, 7) is 16.8. The van der Waals surface area contributed by atoms with Crippen LogP contribution in [0.25, 0.3) is 22.4 Å². The molecule has 3 aromatic rings. The van der Waals surface area contributed by atoms with Crippen molar-refractivity contribution in [2.75, 3.05) is 0 Å². The van der Waals surface area contributed by atoms with Crippen molar-refractivity contribution in [2.45, 2.75) is 94.3 Å². The zero-order valence-electron chi connectivity index (χ0n) is 30.6. The second-order valence-electron chi connectivity index (χ2n) is 12.9. The first-order valence-electron chi connectivity index (χ1n) is 16.0. The molecule has 0 aliphatic heterocycles. The molecule has 1 heterocycles. The molecule has 0 N–H and O–H groups in total. The minimum atomic E-state index is -2.34. The van der Waals surface area contributed by atoms with Crippen LogP contribution in [0.5, 0.6) is 0 Å². The Labute approximate surface area is 225 Å². The molecule has 0 bridgehead atoms. The van der Waals surface area contributed by atoms with E-state index in [4.69, 9.17) is 6.85 Å². The van der Waals surface area contributed by atoms with Crippen molar-refractivity contribution in [1.82, 2.24) is 0 Å². The van der Waals surface area contributed by atoms with Crippen LogP contribution in [0.15, 0.2) is 48.7 Å². The van der Waals surface area contributed by atoms with Crippen molar-refractivity contribution >= 4 is 0 Å². The maximum absolute atomic E-state index is 9.23. The molecule has 188 valence electrons. The number of hydrogen-bond donors (Lipinski definition) is 0. The van der Waals surface area contributed by atoms with E-state index < -0.39 is 30.4 Å². The monoisotopic (exact) mass is 477 g/mol. The molecule has 0 aliphatic rings. The molecule has 0 unspecified atom stereocenters. The lowest BCUT2D eigenvalue weighted by molar-refractivity contribution is -0.660. The van der Waals surface area contributed by atoms with Crippen LogP contribution in [-0.2, 0) is 25.2 Å². The molecule has 3 rings (SSSR count). The predicted octanol–water partition coefficient (Wildman–Crippen LogP) is 8.94. The van der Waals surface area contributed by atoms with Gasteiger partial charge >= 0.3 is 0 Å². The van der Waals surface area contributed by atoms with Crippen molar-refractivity contribution in [1.29, 1.82) is 0 Å². The second-order valence-corrected chi connectivity index (χ2v) is 12.9. The summed E-state index contributed by atoms with van der Waals surface area (Å²) in [5, 5.41) is 0. The number of benzene rings is 2. The van der Waals surface area contributed by atoms with Gasteiger partial charge in [-0.05, 0) is 82.2 Å². The van der Waals surface area contributed by atoms with Crippen LogP contribution < -0.4 is 4.57 Å². The Balaban J connectivity index is 2.51. The van der Waals surface area contributed by atoms with E-state index in [0.717, 1.165) is 22.3 Å². The topological polar surface area (TPSA) is 3.88 Å². The summed E-state index contributed by atoms with van der Waals surface area (Å²) in [6.07, 6.45) is -1.97. The number of rotatable bonds is 4. The van der Waals surface area contributed by atoms with Gasteiger partial charge in [0.1, 0.15) is 7.05 Å². The van der Waals surface area contributed by atoms with Crippen LogP contribution in [0.1, 0.15) is 99.7 Å². The first-order valence-corrected chi connectivity index (χ1v) is 12.5. The van der Waals surface area contributed by atoms with Crippen molar-refractivity contribution < 1.29 is 14.2 Å². The van der Waals surface area contributed by atoms with Gasteiger partial charge in [0.05, 0.1) is 0 Å². The van der Waals surface area contributed by atoms with Crippen molar-refractivity contribution in [3.8, 4) is 22.4 Å². The van der Waals surface area contributed by atoms with E-state index in [1.165, 1.54) is 0 Å². The predicted molar refractivity (Wildman–Crippen MR) is 153 cm³/mol. The molecule has 1 heteroatoms. The first kappa shape index (κ1) is 18.8. The summed E-state index contributed by atoms with van der Waals surface area (Å²) in [5.74, 6) is 0. The molecule has 1 nitrogen and oxygen atoms in total. The Kier molecular flexibility index (Phi) is 5.14. The Morgan fingerprint density at radius 1 is 0.743 bits per heavy atom. The van der Waals surface area contributed by atoms with Crippen LogP contribution in [0, 0.1) is 24.6 Å². The molecule has 0 aliphatic carbocycles. The van der Waals surface area contributed by atoms with Gasteiger partial charge < -0.3 is 0 Å². The zero-order chi connectivity index (χ0) is 32.4. The largest absolute Gasteiger partial charge is 0.212 e. The van der Waals surface area contributed by atoms with E-state index in [1.54, 1.807) is 18.3 Å². The summed E-state index contributed by atoms with van der Waals surface area (Å²) >= 11 is 0. The molecule has 1 aromatic heterocycles. The average Bonchev–Trinajstić information content (AvgIpc) is 2.81. The highest BCUT2D eigenvalue weighted by atomic mass is 14.9. The molecule has 0 saturated carbocycles. The number of aryl methyl sites for hydroxylation is 3. The van der Waals surface area contributed by atoms with Crippen LogP contribution in [0.3, 0.4) is 0 Å². The Morgan fingerprint density at radius 3 is 1.91 bits per heavy atom. The average molecular weight is 478 g/mol. The second kappa shape index (κ2) is 9.57. The number of pyridine rings is 1. The summed E-state index contributed by atoms with van der Waals surface area (Å²) in [5.41, 5.74) is 3.79. The minimum Gasteiger partial charge on any atom is -0.201 e. The molecule has 0 saturated heterocycles. The first-order chi connectivity index (χ1) is 18.7. The summed E-state index contributed by atoms with van der Waals surface area (Å²) in [7, 11) is 1.84. The fraction of sp³-hybridized carbons (Fsp3) is 0.500. The standard InChI is InChI=1S/C34H48N/c1-23-17-24(2)29(19-28(23)27-15-13-14-16-30(27)34(9,10)11)31-18-25(20-32(3,4)5)26(22-35(31)12)21-33(6,7)8/h13-19,22H,20-21H2,1-12H3/q+1/i1D3,20D2,21D2. The summed E-state index contributed by atoms with van der Waals surface area (Å²) in [6, 6.07) is 13.3. The molecule has 0 radical (unpaired) electrons. The minimum absolute atomic E-state index is 0.228. The van der Waals surface area contributed by atoms with Gasteiger partial charge in [-0.25, -0.2) is 4.57 Å². The highest BCUT2D eigenvalue weighted by molar-refractivity contribution is 5.78. The zero-order valence-corrected chi connectivity index (χ0v) is 23.6. The van der Waals surface area contributed by atoms with Crippen molar-refractivity contribution in [2.24, 2.45) is 17.9 Å². The van der Waals surface area contributed by atoms with Gasteiger partial charge in [-0.15, -0.1) is 0 Å². The molecule has 0 fully saturated rings. The molecular weight excluding hydrogens is 422 g/mol. The van der Waals surface area contributed by atoms with Crippen LogP contribution >= 0.6 is 0 Å². The fourth-order valence-corrected chi connectivity index (χ4v) is 4.51. The lowest BCUT2D eigenvalue weighted by atomic mass is 9.80. The van der Waals surface area contributed by atoms with Crippen molar-refractivity contribution in [3.63, 3.8) is 0 Å². The molecule has 2 aromatic carbocycles. The summed E-state index contributed by atoms with van der Waals surface area (Å²) in [4.78, 5) is 0. The molecule has 0 spiro atoms. The van der Waals surface area contributed by atoms with Crippen LogP contribution in [-0.4, -0.2) is 0 Å². The van der Waals surface area contributed by atoms with Gasteiger partial charge in [0, 0.05) is 26.8 Å². The quantitative estimate of drug-likeness (QED) is 0.330. The summed E-state index contributed by atoms with van der Waals surface area (Å²) < 4.78 is 63.7. The van der Waals surface area contributed by atoms with E-state index in [1.807, 2.05) is 90.4 Å². The fourth-order valence-electron chi connectivity index (χ4n) is 4.51. The van der Waals surface area contributed by atoms with E-state index in [9.17, 15) is 2.74 Å². The maximum atomic E-state index is 9.23. The maximum Gasteiger partial charge on any atom is 0.212 e. The molecule has 0 amide bonds. The lowest BCUT2D eigenvalue weighted by Crippen LogP contribution is -2.33.